The van der Waals surface area contributed by atoms with E-state index in [2.05, 4.69) is 20.6 Å². The molecule has 19 heavy (non-hydrogen) atoms. The fraction of sp³-hybridized carbons (Fsp3) is 0. The average molecular weight is 270 g/mol. The highest BCUT2D eigenvalue weighted by Crippen LogP contribution is 2.15. The summed E-state index contributed by atoms with van der Waals surface area (Å²) in [6, 6.07) is 11.1. The molecule has 0 unspecified atom stereocenters. The summed E-state index contributed by atoms with van der Waals surface area (Å²) in [5.41, 5.74) is 0.842. The van der Waals surface area contributed by atoms with Crippen LogP contribution in [0.2, 0.25) is 0 Å². The SMILES string of the molecule is O=C(Nc1ccc2ccccc2n1)Nc1nccs1. The van der Waals surface area contributed by atoms with Crippen molar-refractivity contribution in [3.63, 3.8) is 0 Å². The fourth-order valence-corrected chi connectivity index (χ4v) is 2.19. The molecule has 94 valence electrons. The average Bonchev–Trinajstić information content (AvgIpc) is 2.91. The van der Waals surface area contributed by atoms with Gasteiger partial charge in [-0.05, 0) is 18.2 Å². The van der Waals surface area contributed by atoms with Crippen molar-refractivity contribution in [2.75, 3.05) is 10.6 Å². The number of urea groups is 1. The number of para-hydroxylation sites is 1. The number of nitrogens with one attached hydrogen (secondary N) is 2. The van der Waals surface area contributed by atoms with Gasteiger partial charge in [0.05, 0.1) is 5.52 Å². The number of nitrogens with zero attached hydrogens (tertiary/aromatic N) is 2. The van der Waals surface area contributed by atoms with E-state index in [0.29, 0.717) is 10.9 Å². The Morgan fingerprint density at radius 3 is 2.84 bits per heavy atom. The lowest BCUT2D eigenvalue weighted by atomic mass is 10.2. The van der Waals surface area contributed by atoms with Gasteiger partial charge in [0, 0.05) is 17.0 Å². The number of carbonyl (C=O) groups is 1. The molecule has 0 aliphatic heterocycles. The van der Waals surface area contributed by atoms with E-state index in [9.17, 15) is 4.79 Å². The van der Waals surface area contributed by atoms with Gasteiger partial charge in [0.25, 0.3) is 0 Å². The van der Waals surface area contributed by atoms with Crippen molar-refractivity contribution >= 4 is 39.2 Å². The molecular formula is C13H10N4OS. The number of hydrogen-bond acceptors (Lipinski definition) is 4. The smallest absolute Gasteiger partial charge is 0.292 e. The van der Waals surface area contributed by atoms with Crippen molar-refractivity contribution in [2.45, 2.75) is 0 Å². The number of carbonyl (C=O) groups excluding carboxylic acids is 1. The minimum absolute atomic E-state index is 0.349. The topological polar surface area (TPSA) is 66.9 Å². The van der Waals surface area contributed by atoms with E-state index in [0.717, 1.165) is 10.9 Å². The van der Waals surface area contributed by atoms with Crippen molar-refractivity contribution in [1.82, 2.24) is 9.97 Å². The van der Waals surface area contributed by atoms with Crippen LogP contribution in [-0.2, 0) is 0 Å². The van der Waals surface area contributed by atoms with E-state index in [1.54, 1.807) is 17.6 Å². The quantitative estimate of drug-likeness (QED) is 0.750. The second-order valence-electron chi connectivity index (χ2n) is 3.81. The Kier molecular flexibility index (Phi) is 3.07. The monoisotopic (exact) mass is 270 g/mol. The molecule has 2 aromatic heterocycles. The molecule has 0 aliphatic carbocycles. The molecule has 2 N–H and O–H groups in total. The van der Waals surface area contributed by atoms with E-state index in [1.165, 1.54) is 11.3 Å². The highest BCUT2D eigenvalue weighted by Gasteiger charge is 2.05. The van der Waals surface area contributed by atoms with Crippen LogP contribution < -0.4 is 10.6 Å². The van der Waals surface area contributed by atoms with Crippen molar-refractivity contribution in [3.05, 3.63) is 48.0 Å². The molecule has 0 fully saturated rings. The van der Waals surface area contributed by atoms with Crippen molar-refractivity contribution < 1.29 is 4.79 Å². The molecule has 0 saturated carbocycles. The third-order valence-corrected chi connectivity index (χ3v) is 3.18. The maximum atomic E-state index is 11.7. The van der Waals surface area contributed by atoms with Crippen LogP contribution in [0.1, 0.15) is 0 Å². The minimum Gasteiger partial charge on any atom is -0.292 e. The van der Waals surface area contributed by atoms with Crippen LogP contribution in [0.25, 0.3) is 10.9 Å². The van der Waals surface area contributed by atoms with Crippen LogP contribution in [0.4, 0.5) is 15.7 Å². The van der Waals surface area contributed by atoms with E-state index >= 15 is 0 Å². The lowest BCUT2D eigenvalue weighted by Gasteiger charge is -2.05. The van der Waals surface area contributed by atoms with Crippen LogP contribution in [0.3, 0.4) is 0 Å². The number of benzene rings is 1. The second-order valence-corrected chi connectivity index (χ2v) is 4.70. The van der Waals surface area contributed by atoms with Crippen molar-refractivity contribution in [3.8, 4) is 0 Å². The van der Waals surface area contributed by atoms with Gasteiger partial charge in [-0.3, -0.25) is 10.6 Å². The first-order valence-corrected chi connectivity index (χ1v) is 6.52. The highest BCUT2D eigenvalue weighted by molar-refractivity contribution is 7.13. The number of fused-ring (bicyclic) bond motifs is 1. The molecular weight excluding hydrogens is 260 g/mol. The molecule has 2 amide bonds. The number of rotatable bonds is 2. The molecule has 6 heteroatoms. The molecule has 1 aromatic carbocycles. The molecule has 0 radical (unpaired) electrons. The molecule has 0 bridgehead atoms. The molecule has 0 saturated heterocycles. The predicted octanol–water partition coefficient (Wildman–Crippen LogP) is 3.34. The van der Waals surface area contributed by atoms with E-state index in [4.69, 9.17) is 0 Å². The summed E-state index contributed by atoms with van der Waals surface area (Å²) in [6.45, 7) is 0. The summed E-state index contributed by atoms with van der Waals surface area (Å²) in [5, 5.41) is 8.70. The number of amides is 2. The largest absolute Gasteiger partial charge is 0.326 e. The molecule has 0 aliphatic rings. The summed E-state index contributed by atoms with van der Waals surface area (Å²) in [6.07, 6.45) is 1.63. The standard InChI is InChI=1S/C13H10N4OS/c18-12(17-13-14-7-8-19-13)16-11-6-5-9-3-1-2-4-10(9)15-11/h1-8H,(H2,14,15,16,17,18). The Labute approximate surface area is 113 Å². The lowest BCUT2D eigenvalue weighted by Crippen LogP contribution is -2.19. The van der Waals surface area contributed by atoms with Crippen LogP contribution in [0, 0.1) is 0 Å². The van der Waals surface area contributed by atoms with Gasteiger partial charge in [-0.1, -0.05) is 18.2 Å². The summed E-state index contributed by atoms with van der Waals surface area (Å²) in [7, 11) is 0. The zero-order valence-corrected chi connectivity index (χ0v) is 10.6. The van der Waals surface area contributed by atoms with E-state index in [1.807, 2.05) is 30.3 Å². The molecule has 0 atom stereocenters. The van der Waals surface area contributed by atoms with E-state index in [-0.39, 0.29) is 6.03 Å². The normalized spacial score (nSPS) is 10.3. The van der Waals surface area contributed by atoms with E-state index < -0.39 is 0 Å². The minimum atomic E-state index is -0.349. The molecule has 3 aromatic rings. The van der Waals surface area contributed by atoms with Crippen molar-refractivity contribution in [1.29, 1.82) is 0 Å². The van der Waals surface area contributed by atoms with Crippen LogP contribution in [-0.4, -0.2) is 16.0 Å². The van der Waals surface area contributed by atoms with Crippen LogP contribution in [0.5, 0.6) is 0 Å². The highest BCUT2D eigenvalue weighted by atomic mass is 32.1. The Hall–Kier alpha value is -2.47. The summed E-state index contributed by atoms with van der Waals surface area (Å²) >= 11 is 1.36. The first-order valence-electron chi connectivity index (χ1n) is 5.64. The van der Waals surface area contributed by atoms with Gasteiger partial charge in [0.1, 0.15) is 5.82 Å². The summed E-state index contributed by atoms with van der Waals surface area (Å²) < 4.78 is 0. The van der Waals surface area contributed by atoms with Crippen LogP contribution >= 0.6 is 11.3 Å². The lowest BCUT2D eigenvalue weighted by molar-refractivity contribution is 0.262. The molecule has 3 rings (SSSR count). The van der Waals surface area contributed by atoms with Crippen molar-refractivity contribution in [2.24, 2.45) is 0 Å². The fourth-order valence-electron chi connectivity index (χ4n) is 1.67. The second kappa shape index (κ2) is 5.03. The summed E-state index contributed by atoms with van der Waals surface area (Å²) in [5.74, 6) is 0.507. The Bertz CT molecular complexity index is 711. The van der Waals surface area contributed by atoms with Gasteiger partial charge in [-0.15, -0.1) is 11.3 Å². The third-order valence-electron chi connectivity index (χ3n) is 2.49. The third kappa shape index (κ3) is 2.69. The number of aromatic nitrogens is 2. The number of hydrogen-bond donors (Lipinski definition) is 2. The first kappa shape index (κ1) is 11.6. The maximum Gasteiger partial charge on any atom is 0.326 e. The Balaban J connectivity index is 1.75. The Morgan fingerprint density at radius 1 is 1.11 bits per heavy atom. The van der Waals surface area contributed by atoms with Crippen LogP contribution in [0.15, 0.2) is 48.0 Å². The van der Waals surface area contributed by atoms with Gasteiger partial charge in [-0.25, -0.2) is 14.8 Å². The molecule has 0 spiro atoms. The zero-order chi connectivity index (χ0) is 13.1. The van der Waals surface area contributed by atoms with Gasteiger partial charge in [0.15, 0.2) is 5.13 Å². The van der Waals surface area contributed by atoms with Gasteiger partial charge >= 0.3 is 6.03 Å². The number of thiazole rings is 1. The first-order chi connectivity index (χ1) is 9.31. The molecule has 5 nitrogen and oxygen atoms in total. The Morgan fingerprint density at radius 2 is 2.00 bits per heavy atom. The summed E-state index contributed by atoms with van der Waals surface area (Å²) in [4.78, 5) is 20.0. The van der Waals surface area contributed by atoms with Gasteiger partial charge in [-0.2, -0.15) is 0 Å². The number of anilines is 2. The van der Waals surface area contributed by atoms with Gasteiger partial charge < -0.3 is 0 Å². The van der Waals surface area contributed by atoms with Gasteiger partial charge in [0.2, 0.25) is 0 Å². The molecule has 2 heterocycles. The predicted molar refractivity (Wildman–Crippen MR) is 76.5 cm³/mol. The maximum absolute atomic E-state index is 11.7. The number of pyridine rings is 1. The zero-order valence-electron chi connectivity index (χ0n) is 9.83.